The molecule has 8 heteroatoms. The number of nitrogens with two attached hydrogens (primary N) is 1. The minimum atomic E-state index is -3.72. The third-order valence-electron chi connectivity index (χ3n) is 5.68. The predicted octanol–water partition coefficient (Wildman–Crippen LogP) is 3.14. The van der Waals surface area contributed by atoms with Gasteiger partial charge in [-0.25, -0.2) is 13.6 Å². The molecule has 0 bridgehead atoms. The summed E-state index contributed by atoms with van der Waals surface area (Å²) in [5, 5.41) is 9.43. The lowest BCUT2D eigenvalue weighted by Crippen LogP contribution is -2.47. The van der Waals surface area contributed by atoms with Gasteiger partial charge >= 0.3 is 0 Å². The maximum atomic E-state index is 13.8. The smallest absolute Gasteiger partial charge is 0.238 e. The molecule has 0 spiro atoms. The molecule has 2 aromatic carbocycles. The largest absolute Gasteiger partial charge is 0.359 e. The van der Waals surface area contributed by atoms with Crippen molar-refractivity contribution in [3.8, 4) is 0 Å². The number of ketones is 1. The topological polar surface area (TPSA) is 118 Å². The molecule has 164 valence electrons. The summed E-state index contributed by atoms with van der Waals surface area (Å²) in [6.07, 6.45) is 5.71. The number of aromatic amines is 1. The zero-order valence-electron chi connectivity index (χ0n) is 17.6. The number of rotatable bonds is 8. The van der Waals surface area contributed by atoms with Gasteiger partial charge in [0.25, 0.3) is 0 Å². The number of hydrogen-bond donors (Lipinski definition) is 3. The molecule has 0 amide bonds. The lowest BCUT2D eigenvalue weighted by Gasteiger charge is -2.30. The van der Waals surface area contributed by atoms with E-state index in [1.54, 1.807) is 30.7 Å². The molecule has 0 aliphatic heterocycles. The first-order valence-electron chi connectivity index (χ1n) is 10.2. The first-order valence-corrected chi connectivity index (χ1v) is 11.7. The molecule has 0 saturated heterocycles. The molecule has 0 fully saturated rings. The van der Waals surface area contributed by atoms with Crippen molar-refractivity contribution < 1.29 is 13.2 Å². The lowest BCUT2D eigenvalue weighted by atomic mass is 9.84. The average Bonchev–Trinajstić information content (AvgIpc) is 3.23. The van der Waals surface area contributed by atoms with Gasteiger partial charge < -0.3 is 10.3 Å². The Morgan fingerprint density at radius 2 is 1.81 bits per heavy atom. The van der Waals surface area contributed by atoms with Gasteiger partial charge in [0.2, 0.25) is 10.0 Å². The number of fused-ring (bicyclic) bond motifs is 1. The van der Waals surface area contributed by atoms with E-state index in [-0.39, 0.29) is 10.7 Å². The Hall–Kier alpha value is -3.33. The second kappa shape index (κ2) is 8.66. The van der Waals surface area contributed by atoms with Crippen molar-refractivity contribution in [3.63, 3.8) is 0 Å². The Kier molecular flexibility index (Phi) is 5.92. The number of carbonyl (C=O) groups excluding carboxylic acids is 1. The van der Waals surface area contributed by atoms with Crippen LogP contribution in [0.1, 0.15) is 28.4 Å². The number of aromatic nitrogens is 2. The van der Waals surface area contributed by atoms with Gasteiger partial charge in [0.05, 0.1) is 16.6 Å². The quantitative estimate of drug-likeness (QED) is 0.358. The number of carbonyl (C=O) groups is 1. The Balaban J connectivity index is 1.59. The number of nitrogens with zero attached hydrogens (tertiary/aromatic N) is 1. The van der Waals surface area contributed by atoms with Gasteiger partial charge in [-0.05, 0) is 42.7 Å². The average molecular weight is 449 g/mol. The van der Waals surface area contributed by atoms with Crippen LogP contribution in [0.15, 0.2) is 84.1 Å². The highest BCUT2D eigenvalue weighted by Gasteiger charge is 2.36. The van der Waals surface area contributed by atoms with E-state index in [1.807, 2.05) is 43.3 Å². The molecule has 1 unspecified atom stereocenters. The van der Waals surface area contributed by atoms with Gasteiger partial charge in [-0.3, -0.25) is 9.78 Å². The summed E-state index contributed by atoms with van der Waals surface area (Å²) in [7, 11) is -3.72. The first kappa shape index (κ1) is 21.9. The number of nitrogens with one attached hydrogen (secondary N) is 2. The van der Waals surface area contributed by atoms with Crippen molar-refractivity contribution in [2.45, 2.75) is 23.8 Å². The fourth-order valence-electron chi connectivity index (χ4n) is 3.82. The van der Waals surface area contributed by atoms with Gasteiger partial charge in [0.1, 0.15) is 5.54 Å². The van der Waals surface area contributed by atoms with Crippen molar-refractivity contribution in [1.29, 1.82) is 0 Å². The highest BCUT2D eigenvalue weighted by Crippen LogP contribution is 2.29. The third-order valence-corrected chi connectivity index (χ3v) is 6.61. The number of sulfonamides is 1. The number of Topliss-reactive ketones (excluding diaryl/α,β-unsaturated/α-hetero) is 1. The van der Waals surface area contributed by atoms with E-state index >= 15 is 0 Å². The number of hydrogen-bond acceptors (Lipinski definition) is 5. The van der Waals surface area contributed by atoms with Crippen LogP contribution in [-0.4, -0.2) is 30.7 Å². The zero-order chi connectivity index (χ0) is 22.8. The molecule has 1 atom stereocenters. The van der Waals surface area contributed by atoms with Gasteiger partial charge in [0.15, 0.2) is 5.78 Å². The second-order valence-electron chi connectivity index (χ2n) is 7.81. The number of primary sulfonamides is 1. The lowest BCUT2D eigenvalue weighted by molar-refractivity contribution is 0.0866. The summed E-state index contributed by atoms with van der Waals surface area (Å²) in [5.74, 6) is -0.0503. The summed E-state index contributed by atoms with van der Waals surface area (Å²) < 4.78 is 22.9. The fraction of sp³-hybridized carbons (Fsp3) is 0.167. The third kappa shape index (κ3) is 4.34. The van der Waals surface area contributed by atoms with Crippen LogP contribution < -0.4 is 10.5 Å². The standard InChI is InChI=1S/C24H24N4O3S/c1-24(18-5-3-2-4-6-18,23(29)21-15-27-22-16-26-13-12-20(21)22)28-14-11-17-7-9-19(10-8-17)32(25,30)31/h2-10,12-13,15-16,27-28H,11,14H2,1H3,(H2,25,30,31). The molecule has 4 N–H and O–H groups in total. The van der Waals surface area contributed by atoms with Crippen molar-refractivity contribution in [2.24, 2.45) is 5.14 Å². The molecule has 7 nitrogen and oxygen atoms in total. The number of benzene rings is 2. The minimum Gasteiger partial charge on any atom is -0.359 e. The van der Waals surface area contributed by atoms with Crippen LogP contribution in [0, 0.1) is 0 Å². The SMILES string of the molecule is CC(NCCc1ccc(S(N)(=O)=O)cc1)(C(=O)c1c[nH]c2cnccc12)c1ccccc1. The molecule has 32 heavy (non-hydrogen) atoms. The molecular formula is C24H24N4O3S. The van der Waals surface area contributed by atoms with E-state index in [0.29, 0.717) is 18.5 Å². The van der Waals surface area contributed by atoms with E-state index in [4.69, 9.17) is 5.14 Å². The molecule has 4 aromatic rings. The molecule has 2 aromatic heterocycles. The highest BCUT2D eigenvalue weighted by molar-refractivity contribution is 7.89. The second-order valence-corrected chi connectivity index (χ2v) is 9.37. The van der Waals surface area contributed by atoms with Crippen molar-refractivity contribution >= 4 is 26.7 Å². The Morgan fingerprint density at radius 3 is 2.50 bits per heavy atom. The minimum absolute atomic E-state index is 0.0503. The van der Waals surface area contributed by atoms with Gasteiger partial charge in [0, 0.05) is 29.9 Å². The number of pyridine rings is 1. The van der Waals surface area contributed by atoms with Gasteiger partial charge in [-0.15, -0.1) is 0 Å². The van der Waals surface area contributed by atoms with Crippen molar-refractivity contribution in [1.82, 2.24) is 15.3 Å². The maximum Gasteiger partial charge on any atom is 0.238 e. The molecule has 0 aliphatic rings. The summed E-state index contributed by atoms with van der Waals surface area (Å²) in [6, 6.07) is 17.9. The van der Waals surface area contributed by atoms with E-state index in [1.165, 1.54) is 12.1 Å². The normalized spacial score (nSPS) is 13.7. The van der Waals surface area contributed by atoms with E-state index < -0.39 is 15.6 Å². The Bertz CT molecular complexity index is 1350. The van der Waals surface area contributed by atoms with Gasteiger partial charge in [-0.1, -0.05) is 42.5 Å². The number of H-pyrrole nitrogens is 1. The van der Waals surface area contributed by atoms with E-state index in [2.05, 4.69) is 15.3 Å². The molecular weight excluding hydrogens is 424 g/mol. The Labute approximate surface area is 186 Å². The molecule has 0 saturated carbocycles. The van der Waals surface area contributed by atoms with Crippen LogP contribution in [0.4, 0.5) is 0 Å². The summed E-state index contributed by atoms with van der Waals surface area (Å²) in [4.78, 5) is 21.1. The monoisotopic (exact) mass is 448 g/mol. The van der Waals surface area contributed by atoms with Crippen LogP contribution in [-0.2, 0) is 22.0 Å². The highest BCUT2D eigenvalue weighted by atomic mass is 32.2. The maximum absolute atomic E-state index is 13.8. The van der Waals surface area contributed by atoms with Crippen molar-refractivity contribution in [3.05, 3.63) is 95.9 Å². The zero-order valence-corrected chi connectivity index (χ0v) is 18.4. The van der Waals surface area contributed by atoms with Crippen LogP contribution >= 0.6 is 0 Å². The van der Waals surface area contributed by atoms with E-state index in [0.717, 1.165) is 22.0 Å². The summed E-state index contributed by atoms with van der Waals surface area (Å²) >= 11 is 0. The van der Waals surface area contributed by atoms with Gasteiger partial charge in [-0.2, -0.15) is 0 Å². The van der Waals surface area contributed by atoms with Crippen LogP contribution in [0.5, 0.6) is 0 Å². The molecule has 2 heterocycles. The first-order chi connectivity index (χ1) is 15.3. The van der Waals surface area contributed by atoms with Crippen LogP contribution in [0.3, 0.4) is 0 Å². The fourth-order valence-corrected chi connectivity index (χ4v) is 4.33. The van der Waals surface area contributed by atoms with Crippen LogP contribution in [0.25, 0.3) is 10.9 Å². The summed E-state index contributed by atoms with van der Waals surface area (Å²) in [5.41, 5.74) is 2.24. The molecule has 0 aliphatic carbocycles. The Morgan fingerprint density at radius 1 is 1.09 bits per heavy atom. The van der Waals surface area contributed by atoms with Crippen LogP contribution in [0.2, 0.25) is 0 Å². The molecule has 0 radical (unpaired) electrons. The van der Waals surface area contributed by atoms with Crippen molar-refractivity contribution in [2.75, 3.05) is 6.54 Å². The predicted molar refractivity (Wildman–Crippen MR) is 124 cm³/mol. The van der Waals surface area contributed by atoms with E-state index in [9.17, 15) is 13.2 Å². The summed E-state index contributed by atoms with van der Waals surface area (Å²) in [6.45, 7) is 2.39. The molecule has 4 rings (SSSR count).